The van der Waals surface area contributed by atoms with E-state index in [0.29, 0.717) is 6.61 Å². The van der Waals surface area contributed by atoms with E-state index in [1.807, 2.05) is 12.1 Å². The molecule has 1 heterocycles. The average Bonchev–Trinajstić information content (AvgIpc) is 3.01. The van der Waals surface area contributed by atoms with Gasteiger partial charge >= 0.3 is 0 Å². The van der Waals surface area contributed by atoms with Crippen LogP contribution in [0.25, 0.3) is 11.0 Å². The smallest absolute Gasteiger partial charge is 0.121 e. The van der Waals surface area contributed by atoms with Crippen molar-refractivity contribution in [2.24, 2.45) is 0 Å². The highest BCUT2D eigenvalue weighted by molar-refractivity contribution is 5.75. The van der Waals surface area contributed by atoms with E-state index in [9.17, 15) is 0 Å². The predicted molar refractivity (Wildman–Crippen MR) is 99.8 cm³/mol. The highest BCUT2D eigenvalue weighted by Gasteiger charge is 2.11. The maximum absolute atomic E-state index is 5.33. The molecule has 0 saturated carbocycles. The lowest BCUT2D eigenvalue weighted by molar-refractivity contribution is 0.138. The molecule has 5 heteroatoms. The highest BCUT2D eigenvalue weighted by atomic mass is 16.5. The lowest BCUT2D eigenvalue weighted by atomic mass is 10.2. The first-order valence-corrected chi connectivity index (χ1v) is 8.47. The molecule has 3 aromatic rings. The monoisotopic (exact) mass is 339 g/mol. The van der Waals surface area contributed by atoms with Crippen LogP contribution in [0.2, 0.25) is 0 Å². The fraction of sp³-hybridized carbons (Fsp3) is 0.350. The molecule has 1 aromatic heterocycles. The Morgan fingerprint density at radius 3 is 2.76 bits per heavy atom. The fourth-order valence-electron chi connectivity index (χ4n) is 2.93. The van der Waals surface area contributed by atoms with E-state index < -0.39 is 0 Å². The highest BCUT2D eigenvalue weighted by Crippen LogP contribution is 2.17. The van der Waals surface area contributed by atoms with Crippen molar-refractivity contribution in [1.29, 1.82) is 0 Å². The fourth-order valence-corrected chi connectivity index (χ4v) is 2.93. The van der Waals surface area contributed by atoms with E-state index in [0.717, 1.165) is 42.2 Å². The second-order valence-corrected chi connectivity index (χ2v) is 6.26. The van der Waals surface area contributed by atoms with Crippen LogP contribution in [0.5, 0.6) is 5.75 Å². The molecule has 0 atom stereocenters. The number of hydrogen-bond donors (Lipinski definition) is 1. The number of imidazole rings is 1. The van der Waals surface area contributed by atoms with E-state index in [2.05, 4.69) is 47.1 Å². The van der Waals surface area contributed by atoms with E-state index in [1.54, 1.807) is 14.2 Å². The summed E-state index contributed by atoms with van der Waals surface area (Å²) in [5.74, 6) is 1.85. The van der Waals surface area contributed by atoms with Crippen LogP contribution in [-0.4, -0.2) is 42.2 Å². The van der Waals surface area contributed by atoms with Gasteiger partial charge in [0.25, 0.3) is 0 Å². The molecule has 0 bridgehead atoms. The van der Waals surface area contributed by atoms with Gasteiger partial charge in [-0.25, -0.2) is 4.98 Å². The lowest BCUT2D eigenvalue weighted by Gasteiger charge is -2.21. The molecule has 0 aliphatic rings. The molecule has 2 aromatic carbocycles. The summed E-state index contributed by atoms with van der Waals surface area (Å²) in [5.41, 5.74) is 4.54. The Labute approximate surface area is 148 Å². The molecule has 1 N–H and O–H groups in total. The number of hydrogen-bond acceptors (Lipinski definition) is 4. The van der Waals surface area contributed by atoms with E-state index in [4.69, 9.17) is 14.5 Å². The van der Waals surface area contributed by atoms with Crippen LogP contribution in [0, 0.1) is 6.92 Å². The van der Waals surface area contributed by atoms with Crippen molar-refractivity contribution in [3.05, 3.63) is 59.4 Å². The summed E-state index contributed by atoms with van der Waals surface area (Å²) in [6, 6.07) is 14.5. The zero-order chi connectivity index (χ0) is 17.6. The van der Waals surface area contributed by atoms with Gasteiger partial charge in [-0.3, -0.25) is 4.90 Å². The summed E-state index contributed by atoms with van der Waals surface area (Å²) in [4.78, 5) is 10.5. The van der Waals surface area contributed by atoms with Crippen LogP contribution in [0.1, 0.15) is 17.0 Å². The van der Waals surface area contributed by atoms with Crippen molar-refractivity contribution < 1.29 is 9.47 Å². The number of aromatic amines is 1. The third-order valence-electron chi connectivity index (χ3n) is 4.21. The van der Waals surface area contributed by atoms with Gasteiger partial charge in [0.1, 0.15) is 11.6 Å². The Kier molecular flexibility index (Phi) is 5.68. The molecular weight excluding hydrogens is 314 g/mol. The van der Waals surface area contributed by atoms with Crippen molar-refractivity contribution in [2.45, 2.75) is 20.0 Å². The van der Waals surface area contributed by atoms with Crippen molar-refractivity contribution >= 4 is 11.0 Å². The Balaban J connectivity index is 1.76. The van der Waals surface area contributed by atoms with Gasteiger partial charge in [-0.15, -0.1) is 0 Å². The van der Waals surface area contributed by atoms with Crippen LogP contribution in [-0.2, 0) is 17.8 Å². The van der Waals surface area contributed by atoms with Crippen molar-refractivity contribution in [2.75, 3.05) is 27.4 Å². The zero-order valence-electron chi connectivity index (χ0n) is 15.1. The molecule has 0 unspecified atom stereocenters. The van der Waals surface area contributed by atoms with Gasteiger partial charge in [0, 0.05) is 20.2 Å². The van der Waals surface area contributed by atoms with E-state index in [1.165, 1.54) is 11.1 Å². The quantitative estimate of drug-likeness (QED) is 0.682. The summed E-state index contributed by atoms with van der Waals surface area (Å²) < 4.78 is 10.6. The maximum atomic E-state index is 5.33. The summed E-state index contributed by atoms with van der Waals surface area (Å²) in [6.07, 6.45) is 0. The maximum Gasteiger partial charge on any atom is 0.121 e. The SMILES string of the molecule is COCCN(Cc1cccc(OC)c1)Cc1nc2ccc(C)cc2[nH]1. The van der Waals surface area contributed by atoms with Crippen molar-refractivity contribution in [1.82, 2.24) is 14.9 Å². The van der Waals surface area contributed by atoms with Gasteiger partial charge in [-0.05, 0) is 42.3 Å². The van der Waals surface area contributed by atoms with Gasteiger partial charge in [0.2, 0.25) is 0 Å². The predicted octanol–water partition coefficient (Wildman–Crippen LogP) is 3.53. The molecule has 0 radical (unpaired) electrons. The van der Waals surface area contributed by atoms with Crippen molar-refractivity contribution in [3.8, 4) is 5.75 Å². The van der Waals surface area contributed by atoms with Gasteiger partial charge < -0.3 is 14.5 Å². The Morgan fingerprint density at radius 2 is 1.96 bits per heavy atom. The third kappa shape index (κ3) is 4.59. The van der Waals surface area contributed by atoms with E-state index >= 15 is 0 Å². The van der Waals surface area contributed by atoms with Crippen LogP contribution in [0.15, 0.2) is 42.5 Å². The number of nitrogens with zero attached hydrogens (tertiary/aromatic N) is 2. The molecule has 25 heavy (non-hydrogen) atoms. The number of benzene rings is 2. The number of ether oxygens (including phenoxy) is 2. The van der Waals surface area contributed by atoms with Crippen molar-refractivity contribution in [3.63, 3.8) is 0 Å². The zero-order valence-corrected chi connectivity index (χ0v) is 15.1. The van der Waals surface area contributed by atoms with Crippen LogP contribution >= 0.6 is 0 Å². The molecule has 0 saturated heterocycles. The number of rotatable bonds is 8. The largest absolute Gasteiger partial charge is 0.497 e. The first-order chi connectivity index (χ1) is 12.2. The molecule has 0 amide bonds. The first kappa shape index (κ1) is 17.5. The molecule has 0 aliphatic carbocycles. The van der Waals surface area contributed by atoms with Gasteiger partial charge in [0.05, 0.1) is 31.3 Å². The Bertz CT molecular complexity index is 829. The standard InChI is InChI=1S/C20H25N3O2/c1-15-7-8-18-19(11-15)22-20(21-18)14-23(9-10-24-2)13-16-5-4-6-17(12-16)25-3/h4-8,11-12H,9-10,13-14H2,1-3H3,(H,21,22). The minimum absolute atomic E-state index is 0.684. The number of H-pyrrole nitrogens is 1. The minimum Gasteiger partial charge on any atom is -0.497 e. The Morgan fingerprint density at radius 1 is 1.08 bits per heavy atom. The normalized spacial score (nSPS) is 11.4. The van der Waals surface area contributed by atoms with Gasteiger partial charge in [-0.2, -0.15) is 0 Å². The third-order valence-corrected chi connectivity index (χ3v) is 4.21. The molecule has 132 valence electrons. The summed E-state index contributed by atoms with van der Waals surface area (Å²) in [6.45, 7) is 5.17. The molecule has 5 nitrogen and oxygen atoms in total. The first-order valence-electron chi connectivity index (χ1n) is 8.47. The van der Waals surface area contributed by atoms with Crippen LogP contribution < -0.4 is 4.74 Å². The Hall–Kier alpha value is -2.37. The van der Waals surface area contributed by atoms with Crippen LogP contribution in [0.4, 0.5) is 0 Å². The number of aryl methyl sites for hydroxylation is 1. The molecule has 0 spiro atoms. The molecule has 3 rings (SSSR count). The van der Waals surface area contributed by atoms with Crippen LogP contribution in [0.3, 0.4) is 0 Å². The second kappa shape index (κ2) is 8.14. The molecular formula is C20H25N3O2. The van der Waals surface area contributed by atoms with Gasteiger partial charge in [0.15, 0.2) is 0 Å². The minimum atomic E-state index is 0.684. The average molecular weight is 339 g/mol. The lowest BCUT2D eigenvalue weighted by Crippen LogP contribution is -2.27. The number of aromatic nitrogens is 2. The summed E-state index contributed by atoms with van der Waals surface area (Å²) >= 11 is 0. The number of fused-ring (bicyclic) bond motifs is 1. The van der Waals surface area contributed by atoms with E-state index in [-0.39, 0.29) is 0 Å². The second-order valence-electron chi connectivity index (χ2n) is 6.26. The number of methoxy groups -OCH3 is 2. The topological polar surface area (TPSA) is 50.4 Å². The summed E-state index contributed by atoms with van der Waals surface area (Å²) in [7, 11) is 3.42. The number of nitrogens with one attached hydrogen (secondary N) is 1. The summed E-state index contributed by atoms with van der Waals surface area (Å²) in [5, 5.41) is 0. The molecule has 0 fully saturated rings. The molecule has 0 aliphatic heterocycles. The van der Waals surface area contributed by atoms with Gasteiger partial charge in [-0.1, -0.05) is 18.2 Å².